The van der Waals surface area contributed by atoms with Gasteiger partial charge in [0.1, 0.15) is 6.61 Å². The third-order valence-electron chi connectivity index (χ3n) is 6.34. The largest absolute Gasteiger partial charge is 0.479 e. The van der Waals surface area contributed by atoms with Crippen molar-refractivity contribution in [1.82, 2.24) is 9.88 Å². The Morgan fingerprint density at radius 1 is 1.05 bits per heavy atom. The van der Waals surface area contributed by atoms with Crippen LogP contribution >= 0.6 is 0 Å². The van der Waals surface area contributed by atoms with Crippen LogP contribution in [0.4, 0.5) is 4.79 Å². The van der Waals surface area contributed by atoms with Crippen LogP contribution in [0.2, 0.25) is 0 Å². The molecule has 1 N–H and O–H groups in total. The Balaban J connectivity index is 1.76. The van der Waals surface area contributed by atoms with Gasteiger partial charge in [-0.2, -0.15) is 0 Å². The molecule has 0 fully saturated rings. The van der Waals surface area contributed by atoms with Crippen molar-refractivity contribution >= 4 is 12.1 Å². The van der Waals surface area contributed by atoms with Gasteiger partial charge < -0.3 is 19.5 Å². The van der Waals surface area contributed by atoms with E-state index >= 15 is 0 Å². The van der Waals surface area contributed by atoms with Crippen LogP contribution in [-0.4, -0.2) is 39.2 Å². The van der Waals surface area contributed by atoms with Gasteiger partial charge in [0.05, 0.1) is 12.1 Å². The number of benzene rings is 2. The number of amides is 1. The Labute approximate surface area is 218 Å². The number of carboxylic acids is 1. The van der Waals surface area contributed by atoms with Crippen LogP contribution in [-0.2, 0) is 33.8 Å². The molecular formula is C30H34N2O5. The monoisotopic (exact) mass is 502 g/mol. The zero-order valence-electron chi connectivity index (χ0n) is 22.1. The highest BCUT2D eigenvalue weighted by Gasteiger charge is 2.35. The zero-order valence-corrected chi connectivity index (χ0v) is 22.1. The molecule has 7 nitrogen and oxygen atoms in total. The van der Waals surface area contributed by atoms with Crippen molar-refractivity contribution < 1.29 is 24.2 Å². The molecule has 194 valence electrons. The summed E-state index contributed by atoms with van der Waals surface area (Å²) in [6.45, 7) is 10.3. The molecule has 4 rings (SSSR count). The van der Waals surface area contributed by atoms with Crippen LogP contribution < -0.4 is 0 Å². The summed E-state index contributed by atoms with van der Waals surface area (Å²) >= 11 is 0. The number of carboxylic acid groups (broad SMARTS) is 1. The van der Waals surface area contributed by atoms with Crippen molar-refractivity contribution in [2.45, 2.75) is 65.9 Å². The van der Waals surface area contributed by atoms with Gasteiger partial charge in [0.25, 0.3) is 0 Å². The van der Waals surface area contributed by atoms with Gasteiger partial charge in [0, 0.05) is 35.5 Å². The number of carbonyl (C=O) groups excluding carboxylic acids is 1. The number of ether oxygens (including phenoxy) is 2. The number of hydrogen-bond donors (Lipinski definition) is 1. The molecule has 1 amide bonds. The summed E-state index contributed by atoms with van der Waals surface area (Å²) in [5.74, 6) is -1.08. The SMILES string of the molecule is Cc1ccc(-c2c3c(nc(C)c2C(OC(C)(C)C)C(=O)O)CCN(C(=O)OCc2ccccc2)C3)cc1. The molecule has 1 atom stereocenters. The van der Waals surface area contributed by atoms with Crippen LogP contribution in [0.1, 0.15) is 60.5 Å². The van der Waals surface area contributed by atoms with E-state index in [0.717, 1.165) is 33.5 Å². The van der Waals surface area contributed by atoms with E-state index in [0.29, 0.717) is 24.2 Å². The van der Waals surface area contributed by atoms with Crippen molar-refractivity contribution in [1.29, 1.82) is 0 Å². The first-order valence-electron chi connectivity index (χ1n) is 12.5. The number of aliphatic carboxylic acids is 1. The number of pyridine rings is 1. The Morgan fingerprint density at radius 2 is 1.73 bits per heavy atom. The summed E-state index contributed by atoms with van der Waals surface area (Å²) in [7, 11) is 0. The number of fused-ring (bicyclic) bond motifs is 1. The lowest BCUT2D eigenvalue weighted by molar-refractivity contribution is -0.160. The predicted molar refractivity (Wildman–Crippen MR) is 141 cm³/mol. The van der Waals surface area contributed by atoms with Crippen molar-refractivity contribution in [3.63, 3.8) is 0 Å². The van der Waals surface area contributed by atoms with E-state index in [1.807, 2.05) is 89.2 Å². The average molecular weight is 503 g/mol. The maximum atomic E-state index is 13.0. The van der Waals surface area contributed by atoms with Crippen LogP contribution in [0.15, 0.2) is 54.6 Å². The third kappa shape index (κ3) is 6.17. The first-order valence-corrected chi connectivity index (χ1v) is 12.5. The van der Waals surface area contributed by atoms with Gasteiger partial charge in [0.2, 0.25) is 0 Å². The first-order chi connectivity index (χ1) is 17.5. The Kier molecular flexibility index (Phi) is 7.64. The number of hydrogen-bond acceptors (Lipinski definition) is 5. The summed E-state index contributed by atoms with van der Waals surface area (Å²) in [4.78, 5) is 32.0. The number of aromatic nitrogens is 1. The molecule has 37 heavy (non-hydrogen) atoms. The summed E-state index contributed by atoms with van der Waals surface area (Å²) in [5, 5.41) is 10.2. The minimum atomic E-state index is -1.21. The fourth-order valence-corrected chi connectivity index (χ4v) is 4.63. The summed E-state index contributed by atoms with van der Waals surface area (Å²) in [6, 6.07) is 17.5. The average Bonchev–Trinajstić information content (AvgIpc) is 2.85. The minimum Gasteiger partial charge on any atom is -0.479 e. The topological polar surface area (TPSA) is 89.0 Å². The lowest BCUT2D eigenvalue weighted by Gasteiger charge is -2.33. The van der Waals surface area contributed by atoms with Gasteiger partial charge in [-0.25, -0.2) is 9.59 Å². The van der Waals surface area contributed by atoms with E-state index < -0.39 is 23.8 Å². The molecule has 7 heteroatoms. The Morgan fingerprint density at radius 3 is 2.35 bits per heavy atom. The second kappa shape index (κ2) is 10.7. The van der Waals surface area contributed by atoms with Crippen molar-refractivity contribution in [2.75, 3.05) is 6.54 Å². The number of aryl methyl sites for hydroxylation is 2. The summed E-state index contributed by atoms with van der Waals surface area (Å²) < 4.78 is 11.7. The molecule has 0 saturated heterocycles. The molecule has 0 bridgehead atoms. The van der Waals surface area contributed by atoms with Gasteiger partial charge in [-0.1, -0.05) is 60.2 Å². The fraction of sp³-hybridized carbons (Fsp3) is 0.367. The second-order valence-corrected chi connectivity index (χ2v) is 10.4. The van der Waals surface area contributed by atoms with E-state index in [1.165, 1.54) is 0 Å². The highest BCUT2D eigenvalue weighted by atomic mass is 16.6. The number of rotatable bonds is 6. The molecule has 1 aromatic heterocycles. The maximum Gasteiger partial charge on any atom is 0.410 e. The summed E-state index contributed by atoms with van der Waals surface area (Å²) in [5.41, 5.74) is 5.78. The van der Waals surface area contributed by atoms with E-state index in [2.05, 4.69) is 0 Å². The molecule has 2 aromatic carbocycles. The fourth-order valence-electron chi connectivity index (χ4n) is 4.63. The lowest BCUT2D eigenvalue weighted by Crippen LogP contribution is -2.37. The quantitative estimate of drug-likeness (QED) is 0.445. The molecule has 0 saturated carbocycles. The molecule has 0 spiro atoms. The highest BCUT2D eigenvalue weighted by Crippen LogP contribution is 2.40. The molecule has 3 aromatic rings. The van der Waals surface area contributed by atoms with Crippen molar-refractivity contribution in [3.05, 3.63) is 88.2 Å². The standard InChI is InChI=1S/C30H34N2O5/c1-19-11-13-22(14-12-19)26-23-17-32(29(35)36-18-21-9-7-6-8-10-21)16-15-24(23)31-20(2)25(26)27(28(33)34)37-30(3,4)5/h6-14,27H,15-18H2,1-5H3,(H,33,34). The third-order valence-corrected chi connectivity index (χ3v) is 6.34. The van der Waals surface area contributed by atoms with E-state index in [4.69, 9.17) is 14.5 Å². The Bertz CT molecular complexity index is 1280. The number of nitrogens with zero attached hydrogens (tertiary/aromatic N) is 2. The van der Waals surface area contributed by atoms with Crippen molar-refractivity contribution in [2.24, 2.45) is 0 Å². The van der Waals surface area contributed by atoms with Crippen LogP contribution in [0, 0.1) is 13.8 Å². The molecule has 0 aliphatic carbocycles. The lowest BCUT2D eigenvalue weighted by atomic mass is 9.87. The molecule has 0 radical (unpaired) electrons. The van der Waals surface area contributed by atoms with Crippen LogP contribution in [0.3, 0.4) is 0 Å². The molecule has 1 unspecified atom stereocenters. The molecule has 1 aliphatic rings. The van der Waals surface area contributed by atoms with Gasteiger partial charge in [-0.3, -0.25) is 4.98 Å². The highest BCUT2D eigenvalue weighted by molar-refractivity contribution is 5.83. The molecule has 1 aliphatic heterocycles. The molecule has 2 heterocycles. The van der Waals surface area contributed by atoms with Crippen LogP contribution in [0.5, 0.6) is 0 Å². The smallest absolute Gasteiger partial charge is 0.410 e. The van der Waals surface area contributed by atoms with Gasteiger partial charge in [-0.15, -0.1) is 0 Å². The van der Waals surface area contributed by atoms with E-state index in [1.54, 1.807) is 4.90 Å². The van der Waals surface area contributed by atoms with Crippen LogP contribution in [0.25, 0.3) is 11.1 Å². The zero-order chi connectivity index (χ0) is 26.7. The summed E-state index contributed by atoms with van der Waals surface area (Å²) in [6.07, 6.45) is -1.07. The molecular weight excluding hydrogens is 468 g/mol. The predicted octanol–water partition coefficient (Wildman–Crippen LogP) is 6.00. The van der Waals surface area contributed by atoms with Gasteiger partial charge in [-0.05, 0) is 51.3 Å². The van der Waals surface area contributed by atoms with E-state index in [-0.39, 0.29) is 13.2 Å². The Hall–Kier alpha value is -3.71. The van der Waals surface area contributed by atoms with Gasteiger partial charge in [0.15, 0.2) is 6.10 Å². The van der Waals surface area contributed by atoms with Gasteiger partial charge >= 0.3 is 12.1 Å². The maximum absolute atomic E-state index is 13.0. The second-order valence-electron chi connectivity index (χ2n) is 10.4. The minimum absolute atomic E-state index is 0.186. The normalized spacial score (nSPS) is 14.1. The van der Waals surface area contributed by atoms with Crippen molar-refractivity contribution in [3.8, 4) is 11.1 Å². The number of carbonyl (C=O) groups is 2. The van der Waals surface area contributed by atoms with E-state index in [9.17, 15) is 14.7 Å². The first kappa shape index (κ1) is 26.4.